The van der Waals surface area contributed by atoms with Crippen LogP contribution in [-0.4, -0.2) is 26.5 Å². The van der Waals surface area contributed by atoms with E-state index in [1.165, 1.54) is 11.8 Å². The number of ketones is 1. The van der Waals surface area contributed by atoms with Gasteiger partial charge in [-0.1, -0.05) is 6.07 Å². The summed E-state index contributed by atoms with van der Waals surface area (Å²) in [5, 5.41) is 10.1. The molecule has 3 aromatic heterocycles. The van der Waals surface area contributed by atoms with Gasteiger partial charge in [0.25, 0.3) is 5.91 Å². The van der Waals surface area contributed by atoms with Gasteiger partial charge in [0.05, 0.1) is 23.7 Å². The number of benzene rings is 1. The molecule has 0 radical (unpaired) electrons. The minimum atomic E-state index is -0.234. The number of carbonyl (C=O) groups is 2. The molecule has 6 nitrogen and oxygen atoms in total. The molecule has 0 aliphatic carbocycles. The molecular formula is C21H18N4O2S. The zero-order chi connectivity index (χ0) is 19.7. The Morgan fingerprint density at radius 2 is 1.96 bits per heavy atom. The second kappa shape index (κ2) is 7.36. The number of fused-ring (bicyclic) bond motifs is 1. The summed E-state index contributed by atoms with van der Waals surface area (Å²) < 4.78 is 1.81. The third-order valence-electron chi connectivity index (χ3n) is 4.42. The van der Waals surface area contributed by atoms with Crippen molar-refractivity contribution in [2.75, 3.05) is 5.32 Å². The van der Waals surface area contributed by atoms with Gasteiger partial charge in [0.15, 0.2) is 11.4 Å². The van der Waals surface area contributed by atoms with Gasteiger partial charge in [-0.15, -0.1) is 11.3 Å². The van der Waals surface area contributed by atoms with Crippen LogP contribution in [-0.2, 0) is 6.54 Å². The minimum Gasteiger partial charge on any atom is -0.322 e. The lowest BCUT2D eigenvalue weighted by Gasteiger charge is -2.08. The summed E-state index contributed by atoms with van der Waals surface area (Å²) in [6.07, 6.45) is 1.68. The summed E-state index contributed by atoms with van der Waals surface area (Å²) in [4.78, 5) is 30.0. The van der Waals surface area contributed by atoms with Gasteiger partial charge < -0.3 is 5.32 Å². The van der Waals surface area contributed by atoms with Gasteiger partial charge in [0.1, 0.15) is 0 Å². The molecule has 4 rings (SSSR count). The number of thiophene rings is 1. The SMILES string of the molecule is CC(=O)c1ccc(NC(=O)c2cc(C)nc3c2cnn3Cc2cccs2)cc1. The lowest BCUT2D eigenvalue weighted by atomic mass is 10.1. The van der Waals surface area contributed by atoms with E-state index in [-0.39, 0.29) is 11.7 Å². The van der Waals surface area contributed by atoms with Crippen molar-refractivity contribution in [3.05, 3.63) is 75.7 Å². The summed E-state index contributed by atoms with van der Waals surface area (Å²) in [5.41, 5.74) is 3.19. The zero-order valence-electron chi connectivity index (χ0n) is 15.5. The van der Waals surface area contributed by atoms with Crippen LogP contribution >= 0.6 is 11.3 Å². The van der Waals surface area contributed by atoms with Crippen molar-refractivity contribution < 1.29 is 9.59 Å². The van der Waals surface area contributed by atoms with Gasteiger partial charge in [0.2, 0.25) is 0 Å². The number of aryl methyl sites for hydroxylation is 1. The topological polar surface area (TPSA) is 76.9 Å². The smallest absolute Gasteiger partial charge is 0.256 e. The molecule has 3 heterocycles. The van der Waals surface area contributed by atoms with Crippen LogP contribution in [0.4, 0.5) is 5.69 Å². The Bertz CT molecular complexity index is 1160. The van der Waals surface area contributed by atoms with E-state index < -0.39 is 0 Å². The zero-order valence-corrected chi connectivity index (χ0v) is 16.3. The average Bonchev–Trinajstić information content (AvgIpc) is 3.32. The molecule has 140 valence electrons. The van der Waals surface area contributed by atoms with Crippen molar-refractivity contribution in [2.45, 2.75) is 20.4 Å². The molecule has 0 bridgehead atoms. The molecule has 0 fully saturated rings. The lowest BCUT2D eigenvalue weighted by molar-refractivity contribution is 0.101. The first-order valence-corrected chi connectivity index (χ1v) is 9.67. The Hall–Kier alpha value is -3.32. The van der Waals surface area contributed by atoms with E-state index in [1.807, 2.05) is 29.1 Å². The lowest BCUT2D eigenvalue weighted by Crippen LogP contribution is -2.13. The van der Waals surface area contributed by atoms with Crippen LogP contribution in [0.5, 0.6) is 0 Å². The second-order valence-electron chi connectivity index (χ2n) is 6.52. The van der Waals surface area contributed by atoms with E-state index in [0.717, 1.165) is 5.69 Å². The van der Waals surface area contributed by atoms with Crippen LogP contribution < -0.4 is 5.32 Å². The molecule has 0 unspecified atom stereocenters. The fraction of sp³-hybridized carbons (Fsp3) is 0.143. The van der Waals surface area contributed by atoms with E-state index in [4.69, 9.17) is 0 Å². The predicted octanol–water partition coefficient (Wildman–Crippen LogP) is 4.30. The number of nitrogens with one attached hydrogen (secondary N) is 1. The van der Waals surface area contributed by atoms with Gasteiger partial charge >= 0.3 is 0 Å². The normalized spacial score (nSPS) is 10.9. The third-order valence-corrected chi connectivity index (χ3v) is 5.28. The van der Waals surface area contributed by atoms with Crippen LogP contribution in [0.15, 0.2) is 54.0 Å². The van der Waals surface area contributed by atoms with Crippen LogP contribution in [0.2, 0.25) is 0 Å². The number of anilines is 1. The maximum atomic E-state index is 12.9. The number of rotatable bonds is 5. The number of pyridine rings is 1. The van der Waals surface area contributed by atoms with E-state index in [0.29, 0.717) is 34.4 Å². The van der Waals surface area contributed by atoms with E-state index in [9.17, 15) is 9.59 Å². The standard InChI is InChI=1S/C21H18N4O2S/c1-13-10-18(21(27)24-16-7-5-15(6-8-16)14(2)26)19-11-22-25(20(19)23-13)12-17-4-3-9-28-17/h3-11H,12H2,1-2H3,(H,24,27). The molecule has 1 aromatic carbocycles. The van der Waals surface area contributed by atoms with Crippen molar-refractivity contribution in [1.82, 2.24) is 14.8 Å². The largest absolute Gasteiger partial charge is 0.322 e. The van der Waals surface area contributed by atoms with Crippen molar-refractivity contribution >= 4 is 39.7 Å². The highest BCUT2D eigenvalue weighted by molar-refractivity contribution is 7.09. The molecule has 0 spiro atoms. The van der Waals surface area contributed by atoms with E-state index >= 15 is 0 Å². The van der Waals surface area contributed by atoms with Gasteiger partial charge in [-0.05, 0) is 55.6 Å². The van der Waals surface area contributed by atoms with Crippen molar-refractivity contribution in [3.8, 4) is 0 Å². The number of carbonyl (C=O) groups excluding carboxylic acids is 2. The maximum absolute atomic E-state index is 12.9. The third kappa shape index (κ3) is 3.57. The molecule has 0 aliphatic rings. The first kappa shape index (κ1) is 18.1. The Kier molecular flexibility index (Phi) is 4.75. The second-order valence-corrected chi connectivity index (χ2v) is 7.55. The molecule has 4 aromatic rings. The molecule has 1 N–H and O–H groups in total. The molecule has 0 aliphatic heterocycles. The van der Waals surface area contributed by atoms with Crippen LogP contribution in [0.3, 0.4) is 0 Å². The Balaban J connectivity index is 1.65. The number of aromatic nitrogens is 3. The van der Waals surface area contributed by atoms with Gasteiger partial charge in [-0.3, -0.25) is 9.59 Å². The highest BCUT2D eigenvalue weighted by Crippen LogP contribution is 2.22. The monoisotopic (exact) mass is 390 g/mol. The number of hydrogen-bond acceptors (Lipinski definition) is 5. The molecule has 7 heteroatoms. The summed E-state index contributed by atoms with van der Waals surface area (Å²) in [6, 6.07) is 12.7. The average molecular weight is 390 g/mol. The molecule has 0 saturated carbocycles. The molecule has 28 heavy (non-hydrogen) atoms. The maximum Gasteiger partial charge on any atom is 0.256 e. The summed E-state index contributed by atoms with van der Waals surface area (Å²) in [6.45, 7) is 3.99. The highest BCUT2D eigenvalue weighted by Gasteiger charge is 2.16. The number of hydrogen-bond donors (Lipinski definition) is 1. The molecule has 0 saturated heterocycles. The number of Topliss-reactive ketones (excluding diaryl/α,β-unsaturated/α-hetero) is 1. The molecular weight excluding hydrogens is 372 g/mol. The van der Waals surface area contributed by atoms with Crippen molar-refractivity contribution in [2.24, 2.45) is 0 Å². The summed E-state index contributed by atoms with van der Waals surface area (Å²) in [7, 11) is 0. The number of nitrogens with zero attached hydrogens (tertiary/aromatic N) is 3. The highest BCUT2D eigenvalue weighted by atomic mass is 32.1. The Labute approximate surface area is 165 Å². The minimum absolute atomic E-state index is 0.0116. The van der Waals surface area contributed by atoms with Gasteiger partial charge in [-0.25, -0.2) is 9.67 Å². The van der Waals surface area contributed by atoms with E-state index in [2.05, 4.69) is 15.4 Å². The van der Waals surface area contributed by atoms with Crippen LogP contribution in [0.25, 0.3) is 11.0 Å². The first-order valence-electron chi connectivity index (χ1n) is 8.79. The fourth-order valence-electron chi connectivity index (χ4n) is 3.01. The van der Waals surface area contributed by atoms with Crippen LogP contribution in [0, 0.1) is 6.92 Å². The number of amides is 1. The van der Waals surface area contributed by atoms with Gasteiger partial charge in [-0.2, -0.15) is 5.10 Å². The quantitative estimate of drug-likeness (QED) is 0.515. The Morgan fingerprint density at radius 3 is 2.64 bits per heavy atom. The summed E-state index contributed by atoms with van der Waals surface area (Å²) in [5.74, 6) is -0.246. The summed E-state index contributed by atoms with van der Waals surface area (Å²) >= 11 is 1.66. The van der Waals surface area contributed by atoms with Crippen molar-refractivity contribution in [3.63, 3.8) is 0 Å². The first-order chi connectivity index (χ1) is 13.5. The molecule has 1 amide bonds. The van der Waals surface area contributed by atoms with E-state index in [1.54, 1.807) is 47.9 Å². The Morgan fingerprint density at radius 1 is 1.18 bits per heavy atom. The fourth-order valence-corrected chi connectivity index (χ4v) is 3.70. The molecule has 0 atom stereocenters. The van der Waals surface area contributed by atoms with Crippen molar-refractivity contribution in [1.29, 1.82) is 0 Å². The van der Waals surface area contributed by atoms with Crippen LogP contribution in [0.1, 0.15) is 38.2 Å². The predicted molar refractivity (Wildman–Crippen MR) is 110 cm³/mol. The van der Waals surface area contributed by atoms with Gasteiger partial charge in [0, 0.05) is 21.8 Å².